The Balaban J connectivity index is 1.45. The number of anilines is 1. The molecule has 0 amide bonds. The van der Waals surface area contributed by atoms with E-state index in [0.717, 1.165) is 24.0 Å². The molecule has 6 nitrogen and oxygen atoms in total. The molecule has 9 heteroatoms. The summed E-state index contributed by atoms with van der Waals surface area (Å²) in [6, 6.07) is 9.94. The number of nitrogens with zero attached hydrogens (tertiary/aromatic N) is 2. The number of benzene rings is 2. The van der Waals surface area contributed by atoms with Gasteiger partial charge in [0.1, 0.15) is 10.7 Å². The van der Waals surface area contributed by atoms with Gasteiger partial charge >= 0.3 is 0 Å². The van der Waals surface area contributed by atoms with Crippen LogP contribution >= 0.6 is 0 Å². The zero-order chi connectivity index (χ0) is 20.8. The number of hydrogen-bond acceptors (Lipinski definition) is 5. The second-order valence-electron chi connectivity index (χ2n) is 7.49. The number of aryl methyl sites for hydroxylation is 1. The lowest BCUT2D eigenvalue weighted by molar-refractivity contribution is 0.435. The monoisotopic (exact) mass is 437 g/mol. The minimum Gasteiger partial charge on any atom is -0.361 e. The van der Waals surface area contributed by atoms with E-state index in [1.54, 1.807) is 31.3 Å². The van der Waals surface area contributed by atoms with Crippen LogP contribution in [0.5, 0.6) is 0 Å². The van der Waals surface area contributed by atoms with Crippen molar-refractivity contribution in [3.8, 4) is 0 Å². The fourth-order valence-corrected chi connectivity index (χ4v) is 7.25. The van der Waals surface area contributed by atoms with Crippen LogP contribution in [0.15, 0.2) is 46.2 Å². The van der Waals surface area contributed by atoms with Crippen molar-refractivity contribution in [1.29, 1.82) is 0 Å². The predicted molar refractivity (Wildman–Crippen MR) is 111 cm³/mol. The molecule has 2 atom stereocenters. The van der Waals surface area contributed by atoms with Gasteiger partial charge in [-0.3, -0.25) is 4.21 Å². The van der Waals surface area contributed by atoms with Gasteiger partial charge in [0.2, 0.25) is 10.0 Å². The maximum Gasteiger partial charge on any atom is 0.244 e. The third-order valence-corrected chi connectivity index (χ3v) is 9.13. The summed E-state index contributed by atoms with van der Waals surface area (Å²) in [5, 5.41) is 3.38. The van der Waals surface area contributed by atoms with Crippen LogP contribution in [0.3, 0.4) is 0 Å². The molecular formula is C20H24FN3O3S2. The Morgan fingerprint density at radius 3 is 2.90 bits per heavy atom. The lowest BCUT2D eigenvalue weighted by Gasteiger charge is -2.21. The molecule has 1 N–H and O–H groups in total. The first-order valence-corrected chi connectivity index (χ1v) is 12.3. The average Bonchev–Trinajstić information content (AvgIpc) is 3.21. The van der Waals surface area contributed by atoms with E-state index < -0.39 is 20.8 Å². The van der Waals surface area contributed by atoms with E-state index in [-0.39, 0.29) is 23.3 Å². The van der Waals surface area contributed by atoms with Crippen molar-refractivity contribution in [1.82, 2.24) is 9.62 Å². The van der Waals surface area contributed by atoms with Crippen molar-refractivity contribution in [3.63, 3.8) is 0 Å². The van der Waals surface area contributed by atoms with Gasteiger partial charge in [0.15, 0.2) is 0 Å². The Bertz CT molecular complexity index is 1070. The molecule has 0 spiro atoms. The summed E-state index contributed by atoms with van der Waals surface area (Å²) in [5.74, 6) is 0.0723. The Hall–Kier alpha value is -1.81. The molecule has 0 fully saturated rings. The lowest BCUT2D eigenvalue weighted by Crippen LogP contribution is -2.35. The van der Waals surface area contributed by atoms with E-state index in [0.29, 0.717) is 23.0 Å². The van der Waals surface area contributed by atoms with E-state index in [9.17, 15) is 17.0 Å². The molecule has 0 aromatic heterocycles. The predicted octanol–water partition coefficient (Wildman–Crippen LogP) is 2.24. The quantitative estimate of drug-likeness (QED) is 0.751. The molecule has 29 heavy (non-hydrogen) atoms. The minimum atomic E-state index is -3.76. The van der Waals surface area contributed by atoms with Crippen LogP contribution in [-0.2, 0) is 27.2 Å². The van der Waals surface area contributed by atoms with Crippen LogP contribution in [0.1, 0.15) is 23.6 Å². The van der Waals surface area contributed by atoms with Gasteiger partial charge in [-0.05, 0) is 48.2 Å². The summed E-state index contributed by atoms with van der Waals surface area (Å²) >= 11 is 0. The largest absolute Gasteiger partial charge is 0.361 e. The Morgan fingerprint density at radius 2 is 2.10 bits per heavy atom. The smallest absolute Gasteiger partial charge is 0.244 e. The van der Waals surface area contributed by atoms with Crippen LogP contribution in [0.2, 0.25) is 0 Å². The number of halogens is 1. The van der Waals surface area contributed by atoms with Crippen molar-refractivity contribution < 1.29 is 17.0 Å². The fraction of sp³-hybridized carbons (Fsp3) is 0.400. The highest BCUT2D eigenvalue weighted by Crippen LogP contribution is 2.36. The summed E-state index contributed by atoms with van der Waals surface area (Å²) in [5.41, 5.74) is 2.79. The second-order valence-corrected chi connectivity index (χ2v) is 10.9. The molecule has 1 heterocycles. The highest BCUT2D eigenvalue weighted by molar-refractivity contribution is 7.91. The molecular weight excluding hydrogens is 413 g/mol. The maximum atomic E-state index is 13.4. The van der Waals surface area contributed by atoms with Gasteiger partial charge in [-0.15, -0.1) is 0 Å². The normalized spacial score (nSPS) is 20.9. The third-order valence-electron chi connectivity index (χ3n) is 5.60. The molecule has 2 aromatic rings. The molecule has 0 radical (unpaired) electrons. The molecule has 2 aromatic carbocycles. The van der Waals surface area contributed by atoms with E-state index in [4.69, 9.17) is 0 Å². The molecule has 156 valence electrons. The van der Waals surface area contributed by atoms with Crippen molar-refractivity contribution in [2.24, 2.45) is 0 Å². The van der Waals surface area contributed by atoms with Gasteiger partial charge in [0.05, 0.1) is 27.3 Å². The van der Waals surface area contributed by atoms with Gasteiger partial charge in [-0.2, -0.15) is 4.31 Å². The molecule has 0 bridgehead atoms. The van der Waals surface area contributed by atoms with Gasteiger partial charge in [0.25, 0.3) is 0 Å². The molecule has 4 rings (SSSR count). The van der Waals surface area contributed by atoms with E-state index in [2.05, 4.69) is 5.32 Å². The Morgan fingerprint density at radius 1 is 1.31 bits per heavy atom. The van der Waals surface area contributed by atoms with E-state index in [1.165, 1.54) is 23.5 Å². The van der Waals surface area contributed by atoms with Crippen molar-refractivity contribution in [2.75, 3.05) is 38.0 Å². The summed E-state index contributed by atoms with van der Waals surface area (Å²) in [6.45, 7) is 0.747. The van der Waals surface area contributed by atoms with Crippen LogP contribution in [0.25, 0.3) is 0 Å². The summed E-state index contributed by atoms with van der Waals surface area (Å²) in [4.78, 5) is 2.32. The fourth-order valence-electron chi connectivity index (χ4n) is 4.03. The number of fused-ring (bicyclic) bond motifs is 2. The van der Waals surface area contributed by atoms with Crippen molar-refractivity contribution >= 4 is 26.5 Å². The third kappa shape index (κ3) is 3.72. The summed E-state index contributed by atoms with van der Waals surface area (Å²) < 4.78 is 53.3. The molecule has 0 saturated carbocycles. The van der Waals surface area contributed by atoms with Crippen LogP contribution in [-0.4, -0.2) is 50.0 Å². The van der Waals surface area contributed by atoms with Crippen LogP contribution in [0.4, 0.5) is 10.1 Å². The number of rotatable bonds is 6. The van der Waals surface area contributed by atoms with Crippen molar-refractivity contribution in [2.45, 2.75) is 28.7 Å². The average molecular weight is 438 g/mol. The van der Waals surface area contributed by atoms with Gasteiger partial charge in [-0.1, -0.05) is 12.1 Å². The molecule has 0 saturated heterocycles. The summed E-state index contributed by atoms with van der Waals surface area (Å²) in [7, 11) is -1.78. The zero-order valence-corrected chi connectivity index (χ0v) is 18.0. The maximum absolute atomic E-state index is 13.4. The number of hydrogen-bond donors (Lipinski definition) is 1. The van der Waals surface area contributed by atoms with Gasteiger partial charge in [-0.25, -0.2) is 12.8 Å². The van der Waals surface area contributed by atoms with Crippen molar-refractivity contribution in [3.05, 3.63) is 53.3 Å². The molecule has 1 aliphatic heterocycles. The highest BCUT2D eigenvalue weighted by Gasteiger charge is 2.33. The highest BCUT2D eigenvalue weighted by atomic mass is 32.2. The van der Waals surface area contributed by atoms with E-state index >= 15 is 0 Å². The molecule has 2 aliphatic rings. The number of sulfonamides is 1. The topological polar surface area (TPSA) is 69.7 Å². The van der Waals surface area contributed by atoms with Crippen LogP contribution < -0.4 is 10.2 Å². The molecule has 2 unspecified atom stereocenters. The van der Waals surface area contributed by atoms with E-state index in [1.807, 2.05) is 4.90 Å². The Labute approximate surface area is 173 Å². The lowest BCUT2D eigenvalue weighted by atomic mass is 10.1. The second kappa shape index (κ2) is 7.79. The first-order chi connectivity index (χ1) is 13.8. The standard InChI is InChI=1S/C20H24FN3O3S2/c1-23-13-28(25)20-18(23)4-3-5-19(20)29(26,27)24(2)11-10-22-17-9-6-14-12-15(21)7-8-16(14)17/h3-5,7-8,12,17,22H,6,9-11,13H2,1-2H3. The zero-order valence-electron chi connectivity index (χ0n) is 16.4. The first-order valence-electron chi connectivity index (χ1n) is 9.49. The van der Waals surface area contributed by atoms with Gasteiger partial charge < -0.3 is 10.2 Å². The SMILES string of the molecule is CN1CS(=O)c2c1cccc2S(=O)(=O)N(C)CCNC1CCc2cc(F)ccc21. The Kier molecular flexibility index (Phi) is 5.50. The van der Waals surface area contributed by atoms with Gasteiger partial charge in [0, 0.05) is 33.2 Å². The van der Waals surface area contributed by atoms with Crippen LogP contribution in [0, 0.1) is 5.82 Å². The number of nitrogens with one attached hydrogen (secondary N) is 1. The summed E-state index contributed by atoms with van der Waals surface area (Å²) in [6.07, 6.45) is 1.68. The number of likely N-dealkylation sites (N-methyl/N-ethyl adjacent to an activating group) is 1. The minimum absolute atomic E-state index is 0.101. The molecule has 1 aliphatic carbocycles. The first kappa shape index (κ1) is 20.5.